The van der Waals surface area contributed by atoms with Crippen molar-refractivity contribution in [2.45, 2.75) is 38.9 Å². The smallest absolute Gasteiger partial charge is 0.245 e. The average molecular weight is 315 g/mol. The van der Waals surface area contributed by atoms with Crippen LogP contribution in [0.2, 0.25) is 10.0 Å². The van der Waals surface area contributed by atoms with Crippen LogP contribution in [0.5, 0.6) is 0 Å². The lowest BCUT2D eigenvalue weighted by Gasteiger charge is -2.28. The molecule has 1 N–H and O–H groups in total. The third kappa shape index (κ3) is 3.07. The van der Waals surface area contributed by atoms with Gasteiger partial charge in [0.05, 0.1) is 0 Å². The number of benzene rings is 1. The van der Waals surface area contributed by atoms with E-state index in [0.717, 1.165) is 0 Å². The molecule has 6 heteroatoms. The van der Waals surface area contributed by atoms with Crippen molar-refractivity contribution in [3.8, 4) is 0 Å². The number of hydrogen-bond donors (Lipinski definition) is 1. The second kappa shape index (κ2) is 6.02. The second-order valence-corrected chi connectivity index (χ2v) is 5.82. The fourth-order valence-corrected chi connectivity index (χ4v) is 2.81. The zero-order chi connectivity index (χ0) is 14.9. The van der Waals surface area contributed by atoms with E-state index in [0.29, 0.717) is 22.2 Å². The summed E-state index contributed by atoms with van der Waals surface area (Å²) >= 11 is 12.3. The van der Waals surface area contributed by atoms with Crippen molar-refractivity contribution in [1.29, 1.82) is 0 Å². The van der Waals surface area contributed by atoms with Gasteiger partial charge >= 0.3 is 0 Å². The number of nitrogens with zero attached hydrogens (tertiary/aromatic N) is 1. The average Bonchev–Trinajstić information content (AvgIpc) is 2.44. The summed E-state index contributed by atoms with van der Waals surface area (Å²) in [5, 5.41) is 3.71. The predicted molar refractivity (Wildman–Crippen MR) is 78.7 cm³/mol. The second-order valence-electron chi connectivity index (χ2n) is 5.01. The van der Waals surface area contributed by atoms with Gasteiger partial charge in [-0.2, -0.15) is 0 Å². The normalized spacial score (nSPS) is 23.5. The van der Waals surface area contributed by atoms with Gasteiger partial charge in [-0.15, -0.1) is 0 Å². The fraction of sp³-hybridized carbons (Fsp3) is 0.429. The number of carbonyl (C=O) groups is 2. The monoisotopic (exact) mass is 314 g/mol. The minimum Gasteiger partial charge on any atom is -0.345 e. The van der Waals surface area contributed by atoms with E-state index < -0.39 is 6.04 Å². The van der Waals surface area contributed by atoms with E-state index in [9.17, 15) is 9.59 Å². The molecule has 1 fully saturated rings. The molecule has 1 aromatic rings. The maximum atomic E-state index is 12.4. The quantitative estimate of drug-likeness (QED) is 0.912. The molecular formula is C14H16Cl2N2O2. The van der Waals surface area contributed by atoms with Crippen LogP contribution >= 0.6 is 23.2 Å². The van der Waals surface area contributed by atoms with E-state index in [-0.39, 0.29) is 24.3 Å². The molecule has 0 radical (unpaired) electrons. The molecular weight excluding hydrogens is 299 g/mol. The van der Waals surface area contributed by atoms with Crippen LogP contribution in [0.15, 0.2) is 18.2 Å². The number of amides is 2. The molecule has 0 aromatic heterocycles. The van der Waals surface area contributed by atoms with Crippen LogP contribution in [0.4, 0.5) is 0 Å². The summed E-state index contributed by atoms with van der Waals surface area (Å²) in [6, 6.07) is 4.51. The van der Waals surface area contributed by atoms with Crippen molar-refractivity contribution in [2.75, 3.05) is 0 Å². The van der Waals surface area contributed by atoms with Gasteiger partial charge in [-0.3, -0.25) is 9.59 Å². The van der Waals surface area contributed by atoms with Crippen LogP contribution in [-0.4, -0.2) is 28.8 Å². The van der Waals surface area contributed by atoms with Crippen LogP contribution in [0.1, 0.15) is 25.8 Å². The van der Waals surface area contributed by atoms with Crippen molar-refractivity contribution < 1.29 is 9.59 Å². The van der Waals surface area contributed by atoms with Crippen LogP contribution in [0.3, 0.4) is 0 Å². The Labute approximate surface area is 128 Å². The topological polar surface area (TPSA) is 49.4 Å². The molecule has 1 heterocycles. The maximum Gasteiger partial charge on any atom is 0.245 e. The number of carbonyl (C=O) groups excluding carboxylic acids is 2. The Kier molecular flexibility index (Phi) is 4.55. The van der Waals surface area contributed by atoms with Crippen molar-refractivity contribution in [1.82, 2.24) is 10.2 Å². The Morgan fingerprint density at radius 1 is 1.25 bits per heavy atom. The first-order valence-corrected chi connectivity index (χ1v) is 7.18. The Morgan fingerprint density at radius 2 is 1.85 bits per heavy atom. The Morgan fingerprint density at radius 3 is 2.45 bits per heavy atom. The molecule has 1 saturated heterocycles. The predicted octanol–water partition coefficient (Wildman–Crippen LogP) is 2.62. The van der Waals surface area contributed by atoms with E-state index in [1.165, 1.54) is 0 Å². The molecule has 0 bridgehead atoms. The lowest BCUT2D eigenvalue weighted by atomic mass is 10.1. The van der Waals surface area contributed by atoms with Gasteiger partial charge in [0.15, 0.2) is 0 Å². The molecule has 108 valence electrons. The van der Waals surface area contributed by atoms with Gasteiger partial charge < -0.3 is 10.2 Å². The molecule has 2 atom stereocenters. The van der Waals surface area contributed by atoms with Gasteiger partial charge in [-0.25, -0.2) is 0 Å². The van der Waals surface area contributed by atoms with Gasteiger partial charge in [-0.1, -0.05) is 29.3 Å². The largest absolute Gasteiger partial charge is 0.345 e. The van der Waals surface area contributed by atoms with Gasteiger partial charge in [0, 0.05) is 34.6 Å². The summed E-state index contributed by atoms with van der Waals surface area (Å²) in [6.45, 7) is 3.83. The zero-order valence-electron chi connectivity index (χ0n) is 11.3. The minimum absolute atomic E-state index is 0.119. The van der Waals surface area contributed by atoms with Crippen molar-refractivity contribution in [3.63, 3.8) is 0 Å². The number of halogens is 2. The van der Waals surface area contributed by atoms with E-state index in [1.54, 1.807) is 30.0 Å². The van der Waals surface area contributed by atoms with Gasteiger partial charge in [0.2, 0.25) is 11.8 Å². The van der Waals surface area contributed by atoms with Crippen LogP contribution in [-0.2, 0) is 16.1 Å². The molecule has 0 spiro atoms. The number of rotatable bonds is 2. The van der Waals surface area contributed by atoms with E-state index in [1.807, 2.05) is 6.92 Å². The Balaban J connectivity index is 2.30. The highest BCUT2D eigenvalue weighted by Crippen LogP contribution is 2.27. The maximum absolute atomic E-state index is 12.4. The molecule has 1 aromatic carbocycles. The highest BCUT2D eigenvalue weighted by Gasteiger charge is 2.32. The molecule has 1 aliphatic rings. The number of hydrogen-bond acceptors (Lipinski definition) is 2. The highest BCUT2D eigenvalue weighted by atomic mass is 35.5. The Bertz CT molecular complexity index is 528. The summed E-state index contributed by atoms with van der Waals surface area (Å²) in [5.41, 5.74) is 0.706. The molecule has 2 rings (SSSR count). The summed E-state index contributed by atoms with van der Waals surface area (Å²) < 4.78 is 0. The van der Waals surface area contributed by atoms with Crippen molar-refractivity contribution >= 4 is 35.0 Å². The summed E-state index contributed by atoms with van der Waals surface area (Å²) in [5.74, 6) is -0.245. The molecule has 2 unspecified atom stereocenters. The molecule has 2 amide bonds. The summed E-state index contributed by atoms with van der Waals surface area (Å²) in [7, 11) is 0. The molecule has 0 saturated carbocycles. The minimum atomic E-state index is -0.534. The molecule has 0 aliphatic carbocycles. The molecule has 4 nitrogen and oxygen atoms in total. The van der Waals surface area contributed by atoms with E-state index >= 15 is 0 Å². The van der Waals surface area contributed by atoms with Crippen LogP contribution < -0.4 is 5.32 Å². The standard InChI is InChI=1S/C14H16Cl2N2O2/c1-8-6-13(19)17-9(2)14(20)18(8)7-10-11(15)4-3-5-12(10)16/h3-5,8-9H,6-7H2,1-2H3,(H,17,19). The zero-order valence-corrected chi connectivity index (χ0v) is 12.8. The van der Waals surface area contributed by atoms with Gasteiger partial charge in [0.25, 0.3) is 0 Å². The number of nitrogens with one attached hydrogen (secondary N) is 1. The first-order chi connectivity index (χ1) is 9.40. The summed E-state index contributed by atoms with van der Waals surface area (Å²) in [6.07, 6.45) is 0.276. The lowest BCUT2D eigenvalue weighted by molar-refractivity contribution is -0.135. The van der Waals surface area contributed by atoms with Gasteiger partial charge in [-0.05, 0) is 26.0 Å². The molecule has 1 aliphatic heterocycles. The third-order valence-electron chi connectivity index (χ3n) is 3.43. The third-order valence-corrected chi connectivity index (χ3v) is 4.14. The first kappa shape index (κ1) is 15.1. The van der Waals surface area contributed by atoms with Crippen molar-refractivity contribution in [2.24, 2.45) is 0 Å². The Hall–Kier alpha value is -1.26. The fourth-order valence-electron chi connectivity index (χ4n) is 2.29. The van der Waals surface area contributed by atoms with E-state index in [2.05, 4.69) is 5.32 Å². The first-order valence-electron chi connectivity index (χ1n) is 6.43. The SMILES string of the molecule is CC1NC(=O)CC(C)N(Cc2c(Cl)cccc2Cl)C1=O. The van der Waals surface area contributed by atoms with Crippen LogP contribution in [0.25, 0.3) is 0 Å². The van der Waals surface area contributed by atoms with Crippen molar-refractivity contribution in [3.05, 3.63) is 33.8 Å². The van der Waals surface area contributed by atoms with Crippen LogP contribution in [0, 0.1) is 0 Å². The van der Waals surface area contributed by atoms with E-state index in [4.69, 9.17) is 23.2 Å². The summed E-state index contributed by atoms with van der Waals surface area (Å²) in [4.78, 5) is 25.6. The lowest BCUT2D eigenvalue weighted by Crippen LogP contribution is -2.44. The molecule has 20 heavy (non-hydrogen) atoms. The highest BCUT2D eigenvalue weighted by molar-refractivity contribution is 6.36. The van der Waals surface area contributed by atoms with Gasteiger partial charge in [0.1, 0.15) is 6.04 Å².